The smallest absolute Gasteiger partial charge is 0.0900 e. The zero-order chi connectivity index (χ0) is 9.97. The van der Waals surface area contributed by atoms with E-state index in [0.717, 1.165) is 12.6 Å². The maximum absolute atomic E-state index is 4.43. The summed E-state index contributed by atoms with van der Waals surface area (Å²) >= 11 is 1.82. The molecule has 0 unspecified atom stereocenters. The summed E-state index contributed by atoms with van der Waals surface area (Å²) in [5.41, 5.74) is 1.21. The number of thiazole rings is 1. The third-order valence-corrected chi connectivity index (χ3v) is 3.98. The van der Waals surface area contributed by atoms with Crippen LogP contribution in [0.3, 0.4) is 0 Å². The summed E-state index contributed by atoms with van der Waals surface area (Å²) in [5, 5.41) is 4.81. The van der Waals surface area contributed by atoms with Crippen molar-refractivity contribution < 1.29 is 0 Å². The molecular formula is C11H18N2S. The third kappa shape index (κ3) is 2.34. The van der Waals surface area contributed by atoms with Gasteiger partial charge in [0.1, 0.15) is 0 Å². The number of nitrogens with zero attached hydrogens (tertiary/aromatic N) is 1. The highest BCUT2D eigenvalue weighted by Gasteiger charge is 2.14. The van der Waals surface area contributed by atoms with Gasteiger partial charge in [0, 0.05) is 17.5 Å². The van der Waals surface area contributed by atoms with Crippen molar-refractivity contribution in [1.29, 1.82) is 0 Å². The normalized spacial score (nSPS) is 17.9. The number of hydrogen-bond acceptors (Lipinski definition) is 3. The molecule has 14 heavy (non-hydrogen) atoms. The van der Waals surface area contributed by atoms with Crippen LogP contribution >= 0.6 is 11.3 Å². The van der Waals surface area contributed by atoms with Crippen LogP contribution in [0.15, 0.2) is 0 Å². The molecule has 0 aliphatic heterocycles. The maximum Gasteiger partial charge on any atom is 0.0900 e. The molecule has 2 nitrogen and oxygen atoms in total. The Morgan fingerprint density at radius 3 is 2.64 bits per heavy atom. The van der Waals surface area contributed by atoms with Crippen molar-refractivity contribution in [3.63, 3.8) is 0 Å². The molecule has 1 saturated carbocycles. The zero-order valence-corrected chi connectivity index (χ0v) is 9.78. The SMILES string of the molecule is Cc1nc(C)c(CNC2CCCC2)s1. The minimum Gasteiger partial charge on any atom is -0.309 e. The van der Waals surface area contributed by atoms with Crippen molar-refractivity contribution in [2.24, 2.45) is 0 Å². The molecule has 0 atom stereocenters. The van der Waals surface area contributed by atoms with Gasteiger partial charge < -0.3 is 5.32 Å². The highest BCUT2D eigenvalue weighted by Crippen LogP contribution is 2.20. The second kappa shape index (κ2) is 4.41. The molecule has 0 saturated heterocycles. The molecule has 78 valence electrons. The zero-order valence-electron chi connectivity index (χ0n) is 8.97. The van der Waals surface area contributed by atoms with Crippen molar-refractivity contribution in [3.05, 3.63) is 15.6 Å². The molecule has 1 aliphatic rings. The molecule has 1 aromatic heterocycles. The number of aryl methyl sites for hydroxylation is 2. The first-order valence-corrected chi connectivity index (χ1v) is 6.23. The van der Waals surface area contributed by atoms with E-state index in [0.29, 0.717) is 0 Å². The fourth-order valence-corrected chi connectivity index (χ4v) is 2.99. The van der Waals surface area contributed by atoms with Crippen molar-refractivity contribution >= 4 is 11.3 Å². The molecule has 1 N–H and O–H groups in total. The van der Waals surface area contributed by atoms with Crippen LogP contribution < -0.4 is 5.32 Å². The lowest BCUT2D eigenvalue weighted by Gasteiger charge is -2.10. The predicted molar refractivity (Wildman–Crippen MR) is 60.7 cm³/mol. The van der Waals surface area contributed by atoms with Gasteiger partial charge >= 0.3 is 0 Å². The van der Waals surface area contributed by atoms with Gasteiger partial charge in [-0.2, -0.15) is 0 Å². The number of rotatable bonds is 3. The summed E-state index contributed by atoms with van der Waals surface area (Å²) in [4.78, 5) is 5.85. The van der Waals surface area contributed by atoms with Crippen LogP contribution in [-0.4, -0.2) is 11.0 Å². The Morgan fingerprint density at radius 1 is 1.36 bits per heavy atom. The van der Waals surface area contributed by atoms with Gasteiger partial charge in [-0.25, -0.2) is 4.98 Å². The first-order valence-electron chi connectivity index (χ1n) is 5.42. The highest BCUT2D eigenvalue weighted by molar-refractivity contribution is 7.11. The van der Waals surface area contributed by atoms with E-state index in [9.17, 15) is 0 Å². The summed E-state index contributed by atoms with van der Waals surface area (Å²) in [6.45, 7) is 5.20. The summed E-state index contributed by atoms with van der Waals surface area (Å²) in [7, 11) is 0. The van der Waals surface area contributed by atoms with Crippen LogP contribution in [0.5, 0.6) is 0 Å². The van der Waals surface area contributed by atoms with Gasteiger partial charge in [-0.15, -0.1) is 11.3 Å². The van der Waals surface area contributed by atoms with Crippen LogP contribution in [0, 0.1) is 13.8 Å². The van der Waals surface area contributed by atoms with Crippen molar-refractivity contribution in [2.75, 3.05) is 0 Å². The van der Waals surface area contributed by atoms with Crippen molar-refractivity contribution in [2.45, 2.75) is 52.1 Å². The van der Waals surface area contributed by atoms with Gasteiger partial charge in [-0.05, 0) is 26.7 Å². The van der Waals surface area contributed by atoms with Crippen LogP contribution in [0.2, 0.25) is 0 Å². The van der Waals surface area contributed by atoms with E-state index in [1.54, 1.807) is 0 Å². The summed E-state index contributed by atoms with van der Waals surface area (Å²) in [6.07, 6.45) is 5.52. The van der Waals surface area contributed by atoms with Crippen LogP contribution in [0.1, 0.15) is 41.3 Å². The Morgan fingerprint density at radius 2 is 2.07 bits per heavy atom. The summed E-state index contributed by atoms with van der Waals surface area (Å²) < 4.78 is 0. The Bertz CT molecular complexity index is 300. The largest absolute Gasteiger partial charge is 0.309 e. The molecule has 3 heteroatoms. The Hall–Kier alpha value is -0.410. The second-order valence-corrected chi connectivity index (χ2v) is 5.39. The molecule has 1 aliphatic carbocycles. The Labute approximate surface area is 89.8 Å². The molecule has 1 fully saturated rings. The van der Waals surface area contributed by atoms with E-state index in [1.807, 2.05) is 11.3 Å². The van der Waals surface area contributed by atoms with Gasteiger partial charge in [-0.3, -0.25) is 0 Å². The fourth-order valence-electron chi connectivity index (χ4n) is 2.10. The predicted octanol–water partition coefficient (Wildman–Crippen LogP) is 2.79. The lowest BCUT2D eigenvalue weighted by molar-refractivity contribution is 0.526. The Balaban J connectivity index is 1.87. The number of aromatic nitrogens is 1. The topological polar surface area (TPSA) is 24.9 Å². The molecular weight excluding hydrogens is 192 g/mol. The molecule has 0 amide bonds. The summed E-state index contributed by atoms with van der Waals surface area (Å²) in [5.74, 6) is 0. The van der Waals surface area contributed by atoms with Crippen molar-refractivity contribution in [1.82, 2.24) is 10.3 Å². The van der Waals surface area contributed by atoms with E-state index < -0.39 is 0 Å². The fraction of sp³-hybridized carbons (Fsp3) is 0.727. The second-order valence-electron chi connectivity index (χ2n) is 4.10. The van der Waals surface area contributed by atoms with E-state index in [2.05, 4.69) is 24.1 Å². The van der Waals surface area contributed by atoms with Gasteiger partial charge in [-0.1, -0.05) is 12.8 Å². The van der Waals surface area contributed by atoms with Crippen LogP contribution in [0.4, 0.5) is 0 Å². The average Bonchev–Trinajstić information content (AvgIpc) is 2.72. The quantitative estimate of drug-likeness (QED) is 0.830. The molecule has 1 heterocycles. The molecule has 0 radical (unpaired) electrons. The van der Waals surface area contributed by atoms with Crippen molar-refractivity contribution in [3.8, 4) is 0 Å². The first-order chi connectivity index (χ1) is 6.75. The van der Waals surface area contributed by atoms with Gasteiger partial charge in [0.05, 0.1) is 10.7 Å². The van der Waals surface area contributed by atoms with E-state index in [4.69, 9.17) is 0 Å². The van der Waals surface area contributed by atoms with Gasteiger partial charge in [0.2, 0.25) is 0 Å². The monoisotopic (exact) mass is 210 g/mol. The van der Waals surface area contributed by atoms with Crippen LogP contribution in [0.25, 0.3) is 0 Å². The molecule has 0 bridgehead atoms. The molecule has 0 spiro atoms. The van der Waals surface area contributed by atoms with Gasteiger partial charge in [0.15, 0.2) is 0 Å². The molecule has 2 rings (SSSR count). The standard InChI is InChI=1S/C11H18N2S/c1-8-11(14-9(2)13-8)7-12-10-5-3-4-6-10/h10,12H,3-7H2,1-2H3. The maximum atomic E-state index is 4.43. The third-order valence-electron chi connectivity index (χ3n) is 2.91. The van der Waals surface area contributed by atoms with Crippen LogP contribution in [-0.2, 0) is 6.54 Å². The minimum absolute atomic E-state index is 0.761. The van der Waals surface area contributed by atoms with Gasteiger partial charge in [0.25, 0.3) is 0 Å². The lowest BCUT2D eigenvalue weighted by atomic mass is 10.2. The molecule has 1 aromatic rings. The highest BCUT2D eigenvalue weighted by atomic mass is 32.1. The number of hydrogen-bond donors (Lipinski definition) is 1. The number of nitrogens with one attached hydrogen (secondary N) is 1. The minimum atomic E-state index is 0.761. The van der Waals surface area contributed by atoms with E-state index in [-0.39, 0.29) is 0 Å². The van der Waals surface area contributed by atoms with E-state index >= 15 is 0 Å². The molecule has 0 aromatic carbocycles. The Kier molecular flexibility index (Phi) is 3.19. The first kappa shape index (κ1) is 10.1. The summed E-state index contributed by atoms with van der Waals surface area (Å²) in [6, 6.07) is 0.761. The average molecular weight is 210 g/mol. The lowest BCUT2D eigenvalue weighted by Crippen LogP contribution is -2.25. The van der Waals surface area contributed by atoms with E-state index in [1.165, 1.54) is 41.3 Å².